The lowest BCUT2D eigenvalue weighted by molar-refractivity contribution is -0.123. The lowest BCUT2D eigenvalue weighted by atomic mass is 10.0. The zero-order chi connectivity index (χ0) is 16.7. The van der Waals surface area contributed by atoms with E-state index in [0.717, 1.165) is 41.0 Å². The van der Waals surface area contributed by atoms with Crippen molar-refractivity contribution in [1.82, 2.24) is 30.4 Å². The average molecular weight is 324 g/mol. The molecule has 24 heavy (non-hydrogen) atoms. The summed E-state index contributed by atoms with van der Waals surface area (Å²) in [6.45, 7) is 3.22. The summed E-state index contributed by atoms with van der Waals surface area (Å²) in [6, 6.07) is 5.82. The van der Waals surface area contributed by atoms with Crippen molar-refractivity contribution in [1.29, 1.82) is 0 Å². The summed E-state index contributed by atoms with van der Waals surface area (Å²) in [4.78, 5) is 20.0. The van der Waals surface area contributed by atoms with Crippen LogP contribution in [0.2, 0.25) is 0 Å². The van der Waals surface area contributed by atoms with Gasteiger partial charge in [0.15, 0.2) is 0 Å². The van der Waals surface area contributed by atoms with Gasteiger partial charge in [0.2, 0.25) is 5.91 Å². The van der Waals surface area contributed by atoms with E-state index in [1.165, 1.54) is 5.56 Å². The normalized spacial score (nSPS) is 17.0. The third kappa shape index (κ3) is 2.46. The molecule has 0 fully saturated rings. The van der Waals surface area contributed by atoms with Crippen LogP contribution in [0.15, 0.2) is 24.5 Å². The zero-order valence-corrected chi connectivity index (χ0v) is 13.8. The predicted molar refractivity (Wildman–Crippen MR) is 90.3 cm³/mol. The molecular weight excluding hydrogens is 304 g/mol. The summed E-state index contributed by atoms with van der Waals surface area (Å²) in [6.07, 6.45) is 2.51. The first kappa shape index (κ1) is 14.9. The molecule has 7 nitrogen and oxygen atoms in total. The molecule has 1 aliphatic rings. The zero-order valence-electron chi connectivity index (χ0n) is 13.8. The van der Waals surface area contributed by atoms with Crippen molar-refractivity contribution in [3.05, 3.63) is 47.2 Å². The van der Waals surface area contributed by atoms with Crippen molar-refractivity contribution in [3.8, 4) is 0 Å². The first-order valence-electron chi connectivity index (χ1n) is 8.09. The first-order valence-corrected chi connectivity index (χ1v) is 8.09. The fraction of sp³-hybridized carbons (Fsp3) is 0.353. The van der Waals surface area contributed by atoms with Gasteiger partial charge in [0.25, 0.3) is 0 Å². The number of rotatable bonds is 3. The van der Waals surface area contributed by atoms with Gasteiger partial charge in [-0.2, -0.15) is 5.10 Å². The molecule has 0 aliphatic carbocycles. The van der Waals surface area contributed by atoms with Crippen molar-refractivity contribution in [2.45, 2.75) is 25.9 Å². The van der Waals surface area contributed by atoms with Crippen LogP contribution in [0.3, 0.4) is 0 Å². The summed E-state index contributed by atoms with van der Waals surface area (Å²) in [7, 11) is 1.92. The molecule has 1 aromatic carbocycles. The van der Waals surface area contributed by atoms with E-state index in [1.807, 2.05) is 11.7 Å². The van der Waals surface area contributed by atoms with Crippen molar-refractivity contribution < 1.29 is 4.79 Å². The van der Waals surface area contributed by atoms with Crippen LogP contribution in [0.5, 0.6) is 0 Å². The standard InChI is InChI=1S/C17H20N6O/c1-10-3-4-14-11(7-10)13(22-23(14)2)8-19-17(24)16-15-12(5-6-18-16)20-9-21-15/h3-4,7,9,16,18H,5-6,8H2,1-2H3,(H,19,24)(H,20,21). The van der Waals surface area contributed by atoms with Gasteiger partial charge in [-0.1, -0.05) is 11.6 Å². The van der Waals surface area contributed by atoms with E-state index in [0.29, 0.717) is 6.54 Å². The number of benzene rings is 1. The van der Waals surface area contributed by atoms with Crippen LogP contribution in [0, 0.1) is 6.92 Å². The Morgan fingerprint density at radius 1 is 1.46 bits per heavy atom. The molecule has 4 rings (SSSR count). The van der Waals surface area contributed by atoms with Crippen LogP contribution in [0.4, 0.5) is 0 Å². The largest absolute Gasteiger partial charge is 0.349 e. The highest BCUT2D eigenvalue weighted by Crippen LogP contribution is 2.21. The van der Waals surface area contributed by atoms with E-state index in [9.17, 15) is 4.79 Å². The molecule has 124 valence electrons. The third-order valence-electron chi connectivity index (χ3n) is 4.52. The smallest absolute Gasteiger partial charge is 0.243 e. The van der Waals surface area contributed by atoms with Crippen molar-refractivity contribution in [2.24, 2.45) is 7.05 Å². The Morgan fingerprint density at radius 3 is 3.21 bits per heavy atom. The summed E-state index contributed by atoms with van der Waals surface area (Å²) in [5, 5.41) is 11.8. The first-order chi connectivity index (χ1) is 11.6. The van der Waals surface area contributed by atoms with Crippen molar-refractivity contribution in [2.75, 3.05) is 6.54 Å². The minimum atomic E-state index is -0.406. The number of amides is 1. The van der Waals surface area contributed by atoms with Gasteiger partial charge < -0.3 is 15.6 Å². The maximum absolute atomic E-state index is 12.6. The van der Waals surface area contributed by atoms with Gasteiger partial charge in [-0.25, -0.2) is 4.98 Å². The highest BCUT2D eigenvalue weighted by Gasteiger charge is 2.28. The molecule has 0 radical (unpaired) electrons. The van der Waals surface area contributed by atoms with Gasteiger partial charge in [0.1, 0.15) is 6.04 Å². The number of hydrogen-bond acceptors (Lipinski definition) is 4. The Hall–Kier alpha value is -2.67. The lowest BCUT2D eigenvalue weighted by Crippen LogP contribution is -2.41. The van der Waals surface area contributed by atoms with Crippen LogP contribution >= 0.6 is 0 Å². The second kappa shape index (κ2) is 5.76. The molecule has 1 unspecified atom stereocenters. The Kier molecular flexibility index (Phi) is 3.57. The number of nitrogens with one attached hydrogen (secondary N) is 3. The summed E-state index contributed by atoms with van der Waals surface area (Å²) in [5.41, 5.74) is 4.95. The number of aromatic nitrogens is 4. The maximum atomic E-state index is 12.6. The second-order valence-electron chi connectivity index (χ2n) is 6.21. The Labute approximate surface area is 139 Å². The number of aryl methyl sites for hydroxylation is 2. The monoisotopic (exact) mass is 324 g/mol. The van der Waals surface area contributed by atoms with Gasteiger partial charge in [0, 0.05) is 31.1 Å². The fourth-order valence-electron chi connectivity index (χ4n) is 3.29. The van der Waals surface area contributed by atoms with E-state index in [2.05, 4.69) is 50.8 Å². The fourth-order valence-corrected chi connectivity index (χ4v) is 3.29. The predicted octanol–water partition coefficient (Wildman–Crippen LogP) is 1.11. The SMILES string of the molecule is Cc1ccc2c(c1)c(CNC(=O)C1NCCc3[nH]cnc31)nn2C. The van der Waals surface area contributed by atoms with Crippen molar-refractivity contribution in [3.63, 3.8) is 0 Å². The molecule has 3 N–H and O–H groups in total. The Balaban J connectivity index is 1.54. The topological polar surface area (TPSA) is 87.6 Å². The number of carbonyl (C=O) groups is 1. The minimum absolute atomic E-state index is 0.0745. The van der Waals surface area contributed by atoms with Gasteiger partial charge in [-0.15, -0.1) is 0 Å². The number of carbonyl (C=O) groups excluding carboxylic acids is 1. The van der Waals surface area contributed by atoms with Gasteiger partial charge >= 0.3 is 0 Å². The molecule has 2 aromatic heterocycles. The van der Waals surface area contributed by atoms with E-state index in [1.54, 1.807) is 6.33 Å². The average Bonchev–Trinajstić information content (AvgIpc) is 3.17. The quantitative estimate of drug-likeness (QED) is 0.673. The van der Waals surface area contributed by atoms with Gasteiger partial charge in [-0.05, 0) is 19.1 Å². The minimum Gasteiger partial charge on any atom is -0.349 e. The number of fused-ring (bicyclic) bond motifs is 2. The van der Waals surface area contributed by atoms with Crippen LogP contribution in [-0.4, -0.2) is 32.2 Å². The second-order valence-corrected chi connectivity index (χ2v) is 6.21. The van der Waals surface area contributed by atoms with Crippen LogP contribution in [0.1, 0.15) is 28.7 Å². The molecule has 0 saturated carbocycles. The van der Waals surface area contributed by atoms with Gasteiger partial charge in [-0.3, -0.25) is 9.48 Å². The molecule has 0 bridgehead atoms. The Bertz CT molecular complexity index is 909. The molecule has 7 heteroatoms. The van der Waals surface area contributed by atoms with Crippen LogP contribution < -0.4 is 10.6 Å². The Morgan fingerprint density at radius 2 is 2.33 bits per heavy atom. The summed E-state index contributed by atoms with van der Waals surface area (Å²) < 4.78 is 1.85. The van der Waals surface area contributed by atoms with Crippen molar-refractivity contribution >= 4 is 16.8 Å². The summed E-state index contributed by atoms with van der Waals surface area (Å²) >= 11 is 0. The molecule has 1 amide bonds. The molecule has 3 aromatic rings. The van der Waals surface area contributed by atoms with E-state index >= 15 is 0 Å². The summed E-state index contributed by atoms with van der Waals surface area (Å²) in [5.74, 6) is -0.0745. The molecule has 0 saturated heterocycles. The van der Waals surface area contributed by atoms with E-state index < -0.39 is 6.04 Å². The number of nitrogens with zero attached hydrogens (tertiary/aromatic N) is 3. The lowest BCUT2D eigenvalue weighted by Gasteiger charge is -2.22. The highest BCUT2D eigenvalue weighted by atomic mass is 16.2. The molecular formula is C17H20N6O. The third-order valence-corrected chi connectivity index (χ3v) is 4.52. The molecule has 1 atom stereocenters. The molecule has 3 heterocycles. The number of hydrogen-bond donors (Lipinski definition) is 3. The molecule has 1 aliphatic heterocycles. The van der Waals surface area contributed by atoms with E-state index in [-0.39, 0.29) is 5.91 Å². The number of imidazole rings is 1. The molecule has 0 spiro atoms. The van der Waals surface area contributed by atoms with Crippen LogP contribution in [-0.2, 0) is 24.8 Å². The van der Waals surface area contributed by atoms with Gasteiger partial charge in [0.05, 0.1) is 29.8 Å². The van der Waals surface area contributed by atoms with Crippen LogP contribution in [0.25, 0.3) is 10.9 Å². The highest BCUT2D eigenvalue weighted by molar-refractivity contribution is 5.85. The number of H-pyrrole nitrogens is 1. The number of aromatic amines is 1. The maximum Gasteiger partial charge on any atom is 0.243 e. The van der Waals surface area contributed by atoms with E-state index in [4.69, 9.17) is 0 Å².